The zero-order valence-electron chi connectivity index (χ0n) is 12.7. The van der Waals surface area contributed by atoms with Gasteiger partial charge in [-0.15, -0.1) is 0 Å². The Morgan fingerprint density at radius 1 is 1.00 bits per heavy atom. The maximum Gasteiger partial charge on any atom is -0.0329 e. The van der Waals surface area contributed by atoms with E-state index in [1.807, 2.05) is 0 Å². The Kier molecular flexibility index (Phi) is 3.90. The van der Waals surface area contributed by atoms with Gasteiger partial charge < -0.3 is 0 Å². The molecular formula is C17H32. The molecule has 0 bridgehead atoms. The van der Waals surface area contributed by atoms with Crippen molar-refractivity contribution in [1.82, 2.24) is 0 Å². The molecule has 0 saturated heterocycles. The van der Waals surface area contributed by atoms with E-state index in [-0.39, 0.29) is 0 Å². The summed E-state index contributed by atoms with van der Waals surface area (Å²) in [5.41, 5.74) is 0. The van der Waals surface area contributed by atoms with Crippen molar-refractivity contribution in [3.05, 3.63) is 0 Å². The van der Waals surface area contributed by atoms with Gasteiger partial charge in [0.05, 0.1) is 0 Å². The third-order valence-corrected chi connectivity index (χ3v) is 6.63. The summed E-state index contributed by atoms with van der Waals surface area (Å²) in [6.45, 7) is 14.9. The molecule has 2 aliphatic rings. The fourth-order valence-electron chi connectivity index (χ4n) is 5.16. The monoisotopic (exact) mass is 236 g/mol. The van der Waals surface area contributed by atoms with Gasteiger partial charge in [-0.3, -0.25) is 0 Å². The molecule has 2 saturated carbocycles. The summed E-state index contributed by atoms with van der Waals surface area (Å²) in [4.78, 5) is 0. The maximum atomic E-state index is 2.56. The molecular weight excluding hydrogens is 204 g/mol. The highest BCUT2D eigenvalue weighted by molar-refractivity contribution is 5.04. The Morgan fingerprint density at radius 2 is 1.65 bits per heavy atom. The highest BCUT2D eigenvalue weighted by Gasteiger charge is 2.55. The van der Waals surface area contributed by atoms with Crippen LogP contribution in [0.3, 0.4) is 0 Å². The van der Waals surface area contributed by atoms with E-state index in [2.05, 4.69) is 41.5 Å². The van der Waals surface area contributed by atoms with E-state index in [9.17, 15) is 0 Å². The lowest BCUT2D eigenvalue weighted by atomic mass is 9.61. The first-order valence-corrected chi connectivity index (χ1v) is 8.02. The lowest BCUT2D eigenvalue weighted by molar-refractivity contribution is 0.0364. The predicted octanol–water partition coefficient (Wildman–Crippen LogP) is 5.23. The van der Waals surface area contributed by atoms with E-state index in [1.165, 1.54) is 12.8 Å². The summed E-state index contributed by atoms with van der Waals surface area (Å²) < 4.78 is 0. The zero-order valence-corrected chi connectivity index (χ0v) is 12.7. The average Bonchev–Trinajstić information content (AvgIpc) is 3.08. The van der Waals surface area contributed by atoms with Crippen LogP contribution in [-0.4, -0.2) is 0 Å². The lowest BCUT2D eigenvalue weighted by Gasteiger charge is -2.44. The lowest BCUT2D eigenvalue weighted by Crippen LogP contribution is -2.39. The fourth-order valence-corrected chi connectivity index (χ4v) is 5.16. The molecule has 2 aliphatic carbocycles. The molecule has 100 valence electrons. The molecule has 8 unspecified atom stereocenters. The third-order valence-electron chi connectivity index (χ3n) is 6.63. The second kappa shape index (κ2) is 4.94. The SMILES string of the molecule is CCC(C)C(C)C1C(C)C(CC)C2CC2C1C. The van der Waals surface area contributed by atoms with Crippen LogP contribution in [0.25, 0.3) is 0 Å². The van der Waals surface area contributed by atoms with E-state index >= 15 is 0 Å². The van der Waals surface area contributed by atoms with Crippen LogP contribution in [0.2, 0.25) is 0 Å². The maximum absolute atomic E-state index is 2.56. The molecule has 2 rings (SSSR count). The van der Waals surface area contributed by atoms with Gasteiger partial charge in [-0.1, -0.05) is 54.4 Å². The largest absolute Gasteiger partial charge is 0.0651 e. The van der Waals surface area contributed by atoms with Crippen molar-refractivity contribution in [2.45, 2.75) is 60.8 Å². The molecule has 0 N–H and O–H groups in total. The van der Waals surface area contributed by atoms with E-state index < -0.39 is 0 Å². The standard InChI is InChI=1S/C17H32/c1-7-10(3)11(4)17-12(5)14(8-2)16-9-15(16)13(17)6/h10-17H,7-9H2,1-6H3. The summed E-state index contributed by atoms with van der Waals surface area (Å²) >= 11 is 0. The van der Waals surface area contributed by atoms with Gasteiger partial charge in [0.25, 0.3) is 0 Å². The Bertz CT molecular complexity index is 257. The van der Waals surface area contributed by atoms with Crippen LogP contribution in [0, 0.1) is 47.3 Å². The molecule has 0 radical (unpaired) electrons. The van der Waals surface area contributed by atoms with Crippen molar-refractivity contribution in [3.8, 4) is 0 Å². The number of hydrogen-bond acceptors (Lipinski definition) is 0. The average molecular weight is 236 g/mol. The van der Waals surface area contributed by atoms with Crippen molar-refractivity contribution in [1.29, 1.82) is 0 Å². The van der Waals surface area contributed by atoms with Gasteiger partial charge in [-0.25, -0.2) is 0 Å². The van der Waals surface area contributed by atoms with Gasteiger partial charge in [0, 0.05) is 0 Å². The van der Waals surface area contributed by atoms with Crippen molar-refractivity contribution >= 4 is 0 Å². The molecule has 0 aromatic rings. The second-order valence-corrected chi connectivity index (χ2v) is 7.18. The van der Waals surface area contributed by atoms with Crippen LogP contribution in [-0.2, 0) is 0 Å². The summed E-state index contributed by atoms with van der Waals surface area (Å²) in [6, 6.07) is 0. The molecule has 17 heavy (non-hydrogen) atoms. The highest BCUT2D eigenvalue weighted by Crippen LogP contribution is 2.62. The van der Waals surface area contributed by atoms with Gasteiger partial charge in [0.2, 0.25) is 0 Å². The van der Waals surface area contributed by atoms with Crippen molar-refractivity contribution in [2.75, 3.05) is 0 Å². The number of rotatable bonds is 4. The first kappa shape index (κ1) is 13.4. The first-order valence-electron chi connectivity index (χ1n) is 8.02. The van der Waals surface area contributed by atoms with Crippen molar-refractivity contribution in [3.63, 3.8) is 0 Å². The van der Waals surface area contributed by atoms with Crippen LogP contribution in [0.4, 0.5) is 0 Å². The van der Waals surface area contributed by atoms with Crippen molar-refractivity contribution in [2.24, 2.45) is 47.3 Å². The summed E-state index contributed by atoms with van der Waals surface area (Å²) in [5, 5.41) is 0. The summed E-state index contributed by atoms with van der Waals surface area (Å²) in [7, 11) is 0. The zero-order chi connectivity index (χ0) is 12.7. The molecule has 0 heteroatoms. The molecule has 0 aliphatic heterocycles. The Morgan fingerprint density at radius 3 is 2.18 bits per heavy atom. The number of fused-ring (bicyclic) bond motifs is 1. The van der Waals surface area contributed by atoms with Gasteiger partial charge >= 0.3 is 0 Å². The quantitative estimate of drug-likeness (QED) is 0.627. The molecule has 0 amide bonds. The van der Waals surface area contributed by atoms with Gasteiger partial charge in [-0.05, 0) is 53.8 Å². The van der Waals surface area contributed by atoms with E-state index in [1.54, 1.807) is 6.42 Å². The minimum absolute atomic E-state index is 0.901. The third kappa shape index (κ3) is 2.17. The molecule has 0 spiro atoms. The van der Waals surface area contributed by atoms with Gasteiger partial charge in [0.1, 0.15) is 0 Å². The minimum atomic E-state index is 0.901. The topological polar surface area (TPSA) is 0 Å². The van der Waals surface area contributed by atoms with E-state index in [0.29, 0.717) is 0 Å². The molecule has 2 fully saturated rings. The highest BCUT2D eigenvalue weighted by atomic mass is 14.6. The second-order valence-electron chi connectivity index (χ2n) is 7.18. The van der Waals surface area contributed by atoms with Crippen LogP contribution in [0.5, 0.6) is 0 Å². The molecule has 0 heterocycles. The Hall–Kier alpha value is 0. The van der Waals surface area contributed by atoms with Crippen LogP contribution >= 0.6 is 0 Å². The Labute approximate surface area is 109 Å². The minimum Gasteiger partial charge on any atom is -0.0651 e. The number of hydrogen-bond donors (Lipinski definition) is 0. The van der Waals surface area contributed by atoms with E-state index in [4.69, 9.17) is 0 Å². The molecule has 0 aromatic heterocycles. The van der Waals surface area contributed by atoms with Crippen molar-refractivity contribution < 1.29 is 0 Å². The Balaban J connectivity index is 2.13. The first-order chi connectivity index (χ1) is 8.02. The van der Waals surface area contributed by atoms with Crippen LogP contribution < -0.4 is 0 Å². The molecule has 8 atom stereocenters. The van der Waals surface area contributed by atoms with Crippen LogP contribution in [0.1, 0.15) is 60.8 Å². The van der Waals surface area contributed by atoms with Gasteiger partial charge in [0.15, 0.2) is 0 Å². The van der Waals surface area contributed by atoms with Crippen LogP contribution in [0.15, 0.2) is 0 Å². The normalized spacial score (nSPS) is 48.4. The summed E-state index contributed by atoms with van der Waals surface area (Å²) in [6.07, 6.45) is 4.31. The van der Waals surface area contributed by atoms with Gasteiger partial charge in [-0.2, -0.15) is 0 Å². The smallest absolute Gasteiger partial charge is 0.0329 e. The molecule has 0 aromatic carbocycles. The summed E-state index contributed by atoms with van der Waals surface area (Å²) in [5.74, 6) is 7.98. The van der Waals surface area contributed by atoms with E-state index in [0.717, 1.165) is 47.3 Å². The fraction of sp³-hybridized carbons (Fsp3) is 1.00. The molecule has 0 nitrogen and oxygen atoms in total. The predicted molar refractivity (Wildman–Crippen MR) is 75.8 cm³/mol.